The molecule has 0 aromatic heterocycles. The highest BCUT2D eigenvalue weighted by molar-refractivity contribution is 6.34. The van der Waals surface area contributed by atoms with Crippen LogP contribution in [0.2, 0.25) is 5.02 Å². The Bertz CT molecular complexity index is 1270. The van der Waals surface area contributed by atoms with Crippen molar-refractivity contribution in [3.05, 3.63) is 53.6 Å². The molecule has 4 aliphatic heterocycles. The van der Waals surface area contributed by atoms with E-state index in [0.29, 0.717) is 36.5 Å². The molecule has 2 fully saturated rings. The first kappa shape index (κ1) is 30.3. The van der Waals surface area contributed by atoms with E-state index in [9.17, 15) is 19.2 Å². The number of hydrogen-bond acceptors (Lipinski definition) is 7. The number of carbonyl (C=O) groups is 4. The Hall–Kier alpha value is -3.21. The summed E-state index contributed by atoms with van der Waals surface area (Å²) in [6.45, 7) is 2.47. The zero-order valence-corrected chi connectivity index (χ0v) is 24.5. The van der Waals surface area contributed by atoms with Crippen LogP contribution in [0.1, 0.15) is 45.4 Å². The third kappa shape index (κ3) is 5.72. The van der Waals surface area contributed by atoms with Crippen molar-refractivity contribution in [3.63, 3.8) is 0 Å². The number of amides is 3. The van der Waals surface area contributed by atoms with E-state index in [1.807, 2.05) is 0 Å². The molecule has 1 aromatic carbocycles. The number of cyclic esters (lactones) is 1. The summed E-state index contributed by atoms with van der Waals surface area (Å²) in [5, 5.41) is 12.3. The Labute approximate surface area is 250 Å². The predicted molar refractivity (Wildman–Crippen MR) is 156 cm³/mol. The fourth-order valence-electron chi connectivity index (χ4n) is 6.54. The van der Waals surface area contributed by atoms with Gasteiger partial charge >= 0.3 is 5.97 Å². The third-order valence-electron chi connectivity index (χ3n) is 8.48. The molecule has 2 saturated heterocycles. The number of benzene rings is 1. The van der Waals surface area contributed by atoms with E-state index in [1.54, 1.807) is 65.3 Å². The molecule has 42 heavy (non-hydrogen) atoms. The van der Waals surface area contributed by atoms with Gasteiger partial charge in [-0.2, -0.15) is 0 Å². The number of anilines is 1. The molecule has 226 valence electrons. The summed E-state index contributed by atoms with van der Waals surface area (Å²) >= 11 is 6.51. The minimum Gasteiger partial charge on any atom is -0.460 e. The molecule has 2 N–H and O–H groups in total. The van der Waals surface area contributed by atoms with Crippen LogP contribution >= 0.6 is 11.6 Å². The summed E-state index contributed by atoms with van der Waals surface area (Å²) < 4.78 is 12.4. The van der Waals surface area contributed by atoms with Crippen LogP contribution in [0.3, 0.4) is 0 Å². The standard InChI is InChI=1S/C31H38ClN3O7/c1-20-19-33-24(37)14-7-6-13-23-25(30(40)41-20)26-28(38)35(16-8-2-3-9-18-36)27-29(39)34(17-10-15-31(26,27)42-23)22-12-5-4-11-21(22)32/h4-6,10-13,15,20,23,25-27,36H,2-3,7-9,14,16-19H2,1H3,(H,33,37)/b13-6-/t20-,23-,25+,26+,27-,31+/m0/s1. The summed E-state index contributed by atoms with van der Waals surface area (Å²) in [6, 6.07) is 6.04. The summed E-state index contributed by atoms with van der Waals surface area (Å²) in [4.78, 5) is 57.8. The smallest absolute Gasteiger partial charge is 0.313 e. The second-order valence-corrected chi connectivity index (χ2v) is 11.7. The molecular formula is C31H38ClN3O7. The molecule has 10 nitrogen and oxygen atoms in total. The van der Waals surface area contributed by atoms with Gasteiger partial charge in [0.2, 0.25) is 11.8 Å². The maximum Gasteiger partial charge on any atom is 0.313 e. The molecule has 4 heterocycles. The normalized spacial score (nSPS) is 32.2. The van der Waals surface area contributed by atoms with Crippen molar-refractivity contribution in [3.8, 4) is 0 Å². The molecule has 1 aromatic rings. The second kappa shape index (κ2) is 13.0. The molecule has 11 heteroatoms. The van der Waals surface area contributed by atoms with Crippen molar-refractivity contribution in [1.82, 2.24) is 10.2 Å². The highest BCUT2D eigenvalue weighted by Gasteiger charge is 2.71. The van der Waals surface area contributed by atoms with Gasteiger partial charge in [0.1, 0.15) is 23.7 Å². The lowest BCUT2D eigenvalue weighted by Crippen LogP contribution is -2.55. The van der Waals surface area contributed by atoms with E-state index in [2.05, 4.69) is 5.32 Å². The van der Waals surface area contributed by atoms with E-state index in [1.165, 1.54) is 0 Å². The van der Waals surface area contributed by atoms with Gasteiger partial charge < -0.3 is 29.7 Å². The summed E-state index contributed by atoms with van der Waals surface area (Å²) in [5.41, 5.74) is -0.870. The number of aliphatic hydroxyl groups excluding tert-OH is 1. The van der Waals surface area contributed by atoms with Crippen molar-refractivity contribution >= 4 is 41.0 Å². The van der Waals surface area contributed by atoms with Gasteiger partial charge in [0.05, 0.1) is 29.3 Å². The van der Waals surface area contributed by atoms with Crippen molar-refractivity contribution in [2.45, 2.75) is 69.3 Å². The number of likely N-dealkylation sites (tertiary alicyclic amines) is 1. The van der Waals surface area contributed by atoms with Crippen molar-refractivity contribution in [2.75, 3.05) is 31.1 Å². The molecule has 0 unspecified atom stereocenters. The molecule has 3 amide bonds. The predicted octanol–water partition coefficient (Wildman–Crippen LogP) is 2.77. The number of nitrogens with zero attached hydrogens (tertiary/aromatic N) is 2. The van der Waals surface area contributed by atoms with Crippen LogP contribution in [0, 0.1) is 11.8 Å². The summed E-state index contributed by atoms with van der Waals surface area (Å²) in [7, 11) is 0. The van der Waals surface area contributed by atoms with Gasteiger partial charge in [-0.1, -0.05) is 60.9 Å². The molecular weight excluding hydrogens is 562 g/mol. The first-order chi connectivity index (χ1) is 20.3. The zero-order chi connectivity index (χ0) is 29.9. The highest BCUT2D eigenvalue weighted by atomic mass is 35.5. The number of carbonyl (C=O) groups excluding carboxylic acids is 4. The number of allylic oxidation sites excluding steroid dienone is 1. The van der Waals surface area contributed by atoms with E-state index < -0.39 is 41.7 Å². The van der Waals surface area contributed by atoms with Crippen molar-refractivity contribution < 1.29 is 33.8 Å². The van der Waals surface area contributed by atoms with E-state index in [4.69, 9.17) is 26.2 Å². The van der Waals surface area contributed by atoms with Gasteiger partial charge in [0.15, 0.2) is 0 Å². The number of aliphatic hydroxyl groups is 1. The Morgan fingerprint density at radius 3 is 2.64 bits per heavy atom. The zero-order valence-electron chi connectivity index (χ0n) is 23.7. The van der Waals surface area contributed by atoms with Crippen molar-refractivity contribution in [1.29, 1.82) is 0 Å². The number of rotatable bonds is 7. The fourth-order valence-corrected chi connectivity index (χ4v) is 6.77. The largest absolute Gasteiger partial charge is 0.460 e. The number of ether oxygens (including phenoxy) is 2. The lowest BCUT2D eigenvalue weighted by atomic mass is 9.78. The summed E-state index contributed by atoms with van der Waals surface area (Å²) in [5.74, 6) is -3.36. The first-order valence-electron chi connectivity index (χ1n) is 14.7. The summed E-state index contributed by atoms with van der Waals surface area (Å²) in [6.07, 6.45) is 9.21. The number of unbranched alkanes of at least 4 members (excludes halogenated alkanes) is 3. The maximum absolute atomic E-state index is 14.5. The van der Waals surface area contributed by atoms with Crippen molar-refractivity contribution in [2.24, 2.45) is 11.8 Å². The maximum atomic E-state index is 14.5. The lowest BCUT2D eigenvalue weighted by molar-refractivity contribution is -0.158. The average Bonchev–Trinajstić information content (AvgIpc) is 3.34. The average molecular weight is 600 g/mol. The van der Waals surface area contributed by atoms with Crippen LogP contribution in [-0.2, 0) is 28.7 Å². The van der Waals surface area contributed by atoms with Gasteiger partial charge in [0.25, 0.3) is 5.91 Å². The van der Waals surface area contributed by atoms with Gasteiger partial charge in [-0.25, -0.2) is 0 Å². The second-order valence-electron chi connectivity index (χ2n) is 11.3. The number of esters is 1. The highest BCUT2D eigenvalue weighted by Crippen LogP contribution is 2.53. The Morgan fingerprint density at radius 2 is 1.86 bits per heavy atom. The SMILES string of the molecule is C[C@H]1CNC(=O)CC/C=C\[C@@H]2O[C@@]34C=CCN(c5ccccc5Cl)C(=O)[C@@H]3N(CCCCCCO)C(=O)[C@H]4[C@@H]2C(=O)O1. The van der Waals surface area contributed by atoms with Gasteiger partial charge in [-0.15, -0.1) is 0 Å². The minimum atomic E-state index is -1.40. The Morgan fingerprint density at radius 1 is 1.07 bits per heavy atom. The van der Waals surface area contributed by atoms with Gasteiger partial charge in [-0.3, -0.25) is 19.2 Å². The van der Waals surface area contributed by atoms with Crippen LogP contribution in [0.4, 0.5) is 5.69 Å². The van der Waals surface area contributed by atoms with Gasteiger partial charge in [0, 0.05) is 26.1 Å². The van der Waals surface area contributed by atoms with Crippen LogP contribution in [0.5, 0.6) is 0 Å². The van der Waals surface area contributed by atoms with Crippen LogP contribution in [0.25, 0.3) is 0 Å². The molecule has 0 radical (unpaired) electrons. The van der Waals surface area contributed by atoms with E-state index >= 15 is 0 Å². The number of nitrogens with one attached hydrogen (secondary N) is 1. The molecule has 5 rings (SSSR count). The van der Waals surface area contributed by atoms with Crippen LogP contribution in [-0.4, -0.2) is 83.8 Å². The van der Waals surface area contributed by atoms with Crippen LogP contribution < -0.4 is 10.2 Å². The van der Waals surface area contributed by atoms with Gasteiger partial charge in [-0.05, 0) is 38.3 Å². The topological polar surface area (TPSA) is 125 Å². The number of para-hydroxylation sites is 1. The molecule has 4 aliphatic rings. The van der Waals surface area contributed by atoms with E-state index in [0.717, 1.165) is 12.8 Å². The number of halogens is 1. The van der Waals surface area contributed by atoms with Crippen LogP contribution in [0.15, 0.2) is 48.6 Å². The fraction of sp³-hybridized carbons (Fsp3) is 0.548. The first-order valence-corrected chi connectivity index (χ1v) is 15.1. The Balaban J connectivity index is 1.55. The number of hydrogen-bond donors (Lipinski definition) is 2. The van der Waals surface area contributed by atoms with E-state index in [-0.39, 0.29) is 43.8 Å². The molecule has 0 aliphatic carbocycles. The monoisotopic (exact) mass is 599 g/mol. The number of fused-ring (bicyclic) bond motifs is 2. The lowest BCUT2D eigenvalue weighted by Gasteiger charge is -2.35. The third-order valence-corrected chi connectivity index (χ3v) is 8.80. The Kier molecular flexibility index (Phi) is 9.35. The molecule has 6 atom stereocenters. The molecule has 0 saturated carbocycles. The minimum absolute atomic E-state index is 0.0984. The quantitative estimate of drug-likeness (QED) is 0.280. The molecule has 1 spiro atoms. The molecule has 0 bridgehead atoms.